The molecule has 0 aliphatic carbocycles. The molecule has 1 aliphatic rings. The van der Waals surface area contributed by atoms with Gasteiger partial charge in [0.25, 0.3) is 0 Å². The first-order valence-electron chi connectivity index (χ1n) is 7.12. The van der Waals surface area contributed by atoms with Gasteiger partial charge in [-0.25, -0.2) is 4.79 Å². The molecule has 1 fully saturated rings. The molecule has 1 atom stereocenters. The Morgan fingerprint density at radius 1 is 1.43 bits per heavy atom. The fraction of sp³-hybridized carbons (Fsp3) is 0.500. The minimum Gasteiger partial charge on any atom is -0.444 e. The second kappa shape index (κ2) is 6.72. The Kier molecular flexibility index (Phi) is 4.96. The molecule has 1 saturated heterocycles. The number of hydrogen-bond acceptors (Lipinski definition) is 4. The largest absolute Gasteiger partial charge is 0.444 e. The Morgan fingerprint density at radius 3 is 2.81 bits per heavy atom. The lowest BCUT2D eigenvalue weighted by atomic mass is 10.1. The third-order valence-electron chi connectivity index (χ3n) is 3.59. The van der Waals surface area contributed by atoms with E-state index in [-0.39, 0.29) is 12.6 Å². The molecular formula is C16H21NO4. The monoisotopic (exact) mass is 291 g/mol. The molecule has 1 aromatic rings. The van der Waals surface area contributed by atoms with E-state index in [1.54, 1.807) is 4.90 Å². The van der Waals surface area contributed by atoms with Gasteiger partial charge in [0, 0.05) is 6.42 Å². The summed E-state index contributed by atoms with van der Waals surface area (Å²) in [5.41, 5.74) is 0.231. The quantitative estimate of drug-likeness (QED) is 0.783. The van der Waals surface area contributed by atoms with Crippen molar-refractivity contribution in [1.82, 2.24) is 4.90 Å². The zero-order valence-electron chi connectivity index (χ0n) is 12.5. The number of ether oxygens (including phenoxy) is 2. The van der Waals surface area contributed by atoms with Crippen LogP contribution in [-0.4, -0.2) is 35.7 Å². The van der Waals surface area contributed by atoms with Crippen molar-refractivity contribution < 1.29 is 19.1 Å². The maximum atomic E-state index is 12.3. The van der Waals surface area contributed by atoms with Gasteiger partial charge in [0.2, 0.25) is 0 Å². The summed E-state index contributed by atoms with van der Waals surface area (Å²) in [6.45, 7) is 4.32. The van der Waals surface area contributed by atoms with Crippen molar-refractivity contribution in [3.05, 3.63) is 35.9 Å². The molecule has 114 valence electrons. The molecule has 0 bridgehead atoms. The minimum atomic E-state index is -0.707. The van der Waals surface area contributed by atoms with Crippen molar-refractivity contribution in [2.75, 3.05) is 6.61 Å². The van der Waals surface area contributed by atoms with Crippen LogP contribution < -0.4 is 0 Å². The fourth-order valence-electron chi connectivity index (χ4n) is 2.51. The maximum Gasteiger partial charge on any atom is 0.412 e. The van der Waals surface area contributed by atoms with Gasteiger partial charge >= 0.3 is 6.09 Å². The molecule has 5 nitrogen and oxygen atoms in total. The van der Waals surface area contributed by atoms with E-state index >= 15 is 0 Å². The second-order valence-corrected chi connectivity index (χ2v) is 5.57. The van der Waals surface area contributed by atoms with E-state index in [1.807, 2.05) is 44.2 Å². The van der Waals surface area contributed by atoms with Crippen molar-refractivity contribution in [3.8, 4) is 0 Å². The number of hydrogen-bond donors (Lipinski definition) is 0. The van der Waals surface area contributed by atoms with Crippen LogP contribution in [0.25, 0.3) is 0 Å². The van der Waals surface area contributed by atoms with Gasteiger partial charge in [-0.05, 0) is 25.8 Å². The summed E-state index contributed by atoms with van der Waals surface area (Å²) in [6.07, 6.45) is 1.45. The first-order valence-corrected chi connectivity index (χ1v) is 7.12. The Balaban J connectivity index is 1.98. The topological polar surface area (TPSA) is 55.8 Å². The predicted octanol–water partition coefficient (Wildman–Crippen LogP) is 2.74. The number of carbonyl (C=O) groups excluding carboxylic acids is 2. The predicted molar refractivity (Wildman–Crippen MR) is 77.6 cm³/mol. The lowest BCUT2D eigenvalue weighted by Gasteiger charge is -2.32. The van der Waals surface area contributed by atoms with Crippen LogP contribution >= 0.6 is 0 Å². The highest BCUT2D eigenvalue weighted by Gasteiger charge is 2.44. The summed E-state index contributed by atoms with van der Waals surface area (Å²) in [6, 6.07) is 9.41. The molecular weight excluding hydrogens is 270 g/mol. The summed E-state index contributed by atoms with van der Waals surface area (Å²) in [5, 5.41) is 0. The van der Waals surface area contributed by atoms with Gasteiger partial charge in [-0.3, -0.25) is 4.90 Å². The number of rotatable bonds is 5. The lowest BCUT2D eigenvalue weighted by molar-refractivity contribution is -0.108. The highest BCUT2D eigenvalue weighted by molar-refractivity contribution is 5.69. The lowest BCUT2D eigenvalue weighted by Crippen LogP contribution is -2.48. The van der Waals surface area contributed by atoms with E-state index in [0.29, 0.717) is 19.4 Å². The van der Waals surface area contributed by atoms with Crippen LogP contribution in [0.2, 0.25) is 0 Å². The number of benzene rings is 1. The summed E-state index contributed by atoms with van der Waals surface area (Å²) in [7, 11) is 0. The molecule has 0 spiro atoms. The van der Waals surface area contributed by atoms with E-state index in [4.69, 9.17) is 9.47 Å². The molecule has 1 unspecified atom stereocenters. The molecule has 0 radical (unpaired) electrons. The average Bonchev–Trinajstić information content (AvgIpc) is 2.78. The number of nitrogens with zero attached hydrogens (tertiary/aromatic N) is 1. The molecule has 0 N–H and O–H groups in total. The van der Waals surface area contributed by atoms with E-state index in [9.17, 15) is 9.59 Å². The van der Waals surface area contributed by atoms with Crippen LogP contribution in [0.1, 0.15) is 32.3 Å². The highest BCUT2D eigenvalue weighted by atomic mass is 16.6. The number of carbonyl (C=O) groups is 2. The zero-order chi connectivity index (χ0) is 15.3. The molecule has 0 saturated carbocycles. The normalized spacial score (nSPS) is 20.3. The van der Waals surface area contributed by atoms with Gasteiger partial charge in [0.1, 0.15) is 18.6 Å². The number of amides is 1. The van der Waals surface area contributed by atoms with Gasteiger partial charge in [-0.2, -0.15) is 0 Å². The first-order chi connectivity index (χ1) is 10.0. The molecule has 5 heteroatoms. The van der Waals surface area contributed by atoms with Crippen molar-refractivity contribution in [2.45, 2.75) is 45.1 Å². The Morgan fingerprint density at radius 2 is 2.14 bits per heavy atom. The van der Waals surface area contributed by atoms with E-state index in [1.165, 1.54) is 0 Å². The van der Waals surface area contributed by atoms with Gasteiger partial charge in [-0.1, -0.05) is 30.3 Å². The minimum absolute atomic E-state index is 0.117. The van der Waals surface area contributed by atoms with Crippen molar-refractivity contribution in [1.29, 1.82) is 0 Å². The van der Waals surface area contributed by atoms with Crippen LogP contribution in [0.5, 0.6) is 0 Å². The van der Waals surface area contributed by atoms with Gasteiger partial charge in [-0.15, -0.1) is 0 Å². The van der Waals surface area contributed by atoms with Crippen LogP contribution in [-0.2, 0) is 20.9 Å². The Labute approximate surface area is 124 Å². The first kappa shape index (κ1) is 15.5. The SMILES string of the molecule is CC1(C)OCC(CCC=O)N1C(=O)OCc1ccccc1. The standard InChI is InChI=1S/C16H21NO4/c1-16(2)17(14(12-21-16)9-6-10-18)15(19)20-11-13-7-4-3-5-8-13/h3-5,7-8,10,14H,6,9,11-12H2,1-2H3. The molecule has 1 amide bonds. The smallest absolute Gasteiger partial charge is 0.412 e. The molecule has 1 aromatic carbocycles. The summed E-state index contributed by atoms with van der Waals surface area (Å²) >= 11 is 0. The zero-order valence-corrected chi connectivity index (χ0v) is 12.5. The van der Waals surface area contributed by atoms with Crippen molar-refractivity contribution >= 4 is 12.4 Å². The van der Waals surface area contributed by atoms with Crippen LogP contribution in [0.3, 0.4) is 0 Å². The third kappa shape index (κ3) is 3.82. The molecule has 21 heavy (non-hydrogen) atoms. The van der Waals surface area contributed by atoms with Crippen molar-refractivity contribution in [3.63, 3.8) is 0 Å². The average molecular weight is 291 g/mol. The van der Waals surface area contributed by atoms with Gasteiger partial charge < -0.3 is 14.3 Å². The molecule has 1 aliphatic heterocycles. The Hall–Kier alpha value is -1.88. The summed E-state index contributed by atoms with van der Waals surface area (Å²) in [4.78, 5) is 24.5. The van der Waals surface area contributed by atoms with Gasteiger partial charge in [0.05, 0.1) is 12.6 Å². The van der Waals surface area contributed by atoms with Crippen LogP contribution in [0.15, 0.2) is 30.3 Å². The van der Waals surface area contributed by atoms with E-state index < -0.39 is 11.8 Å². The number of aldehydes is 1. The van der Waals surface area contributed by atoms with Crippen LogP contribution in [0, 0.1) is 0 Å². The summed E-state index contributed by atoms with van der Waals surface area (Å²) in [5.74, 6) is 0. The molecule has 2 rings (SSSR count). The van der Waals surface area contributed by atoms with Crippen molar-refractivity contribution in [2.24, 2.45) is 0 Å². The fourth-order valence-corrected chi connectivity index (χ4v) is 2.51. The third-order valence-corrected chi connectivity index (χ3v) is 3.59. The Bertz CT molecular complexity index is 486. The second-order valence-electron chi connectivity index (χ2n) is 5.57. The molecule has 1 heterocycles. The highest BCUT2D eigenvalue weighted by Crippen LogP contribution is 2.30. The summed E-state index contributed by atoms with van der Waals surface area (Å²) < 4.78 is 11.0. The van der Waals surface area contributed by atoms with Gasteiger partial charge in [0.15, 0.2) is 0 Å². The molecule has 0 aromatic heterocycles. The van der Waals surface area contributed by atoms with E-state index in [2.05, 4.69) is 0 Å². The van der Waals surface area contributed by atoms with Crippen LogP contribution in [0.4, 0.5) is 4.79 Å². The van der Waals surface area contributed by atoms with E-state index in [0.717, 1.165) is 11.8 Å². The maximum absolute atomic E-state index is 12.3.